The van der Waals surface area contributed by atoms with Gasteiger partial charge in [-0.15, -0.1) is 0 Å². The van der Waals surface area contributed by atoms with Crippen LogP contribution in [0.2, 0.25) is 0 Å². The second-order valence-corrected chi connectivity index (χ2v) is 10.4. The van der Waals surface area contributed by atoms with Crippen molar-refractivity contribution in [3.63, 3.8) is 0 Å². The Morgan fingerprint density at radius 2 is 1.61 bits per heavy atom. The standard InChI is InChI=1S/C24H42O4/c1-14(2)17(5)13-22(19-9-8-16(4)18(6)12-19)28-24(27)20-10-7-15(3)11-21(20)23(25)26/h14-22H,7-13H2,1-6H3,(H,25,26). The van der Waals surface area contributed by atoms with Gasteiger partial charge in [0.25, 0.3) is 0 Å². The zero-order valence-corrected chi connectivity index (χ0v) is 18.8. The van der Waals surface area contributed by atoms with Crippen molar-refractivity contribution in [2.45, 2.75) is 92.6 Å². The third-order valence-electron chi connectivity index (χ3n) is 7.91. The highest BCUT2D eigenvalue weighted by molar-refractivity contribution is 5.81. The van der Waals surface area contributed by atoms with Gasteiger partial charge in [-0.3, -0.25) is 9.59 Å². The highest BCUT2D eigenvalue weighted by Crippen LogP contribution is 2.40. The maximum absolute atomic E-state index is 13.1. The summed E-state index contributed by atoms with van der Waals surface area (Å²) in [6.07, 6.45) is 6.35. The highest BCUT2D eigenvalue weighted by atomic mass is 16.5. The van der Waals surface area contributed by atoms with Crippen molar-refractivity contribution in [1.82, 2.24) is 0 Å². The molecule has 4 heteroatoms. The van der Waals surface area contributed by atoms with E-state index in [1.54, 1.807) is 0 Å². The minimum absolute atomic E-state index is 0.0753. The van der Waals surface area contributed by atoms with E-state index < -0.39 is 17.8 Å². The van der Waals surface area contributed by atoms with Gasteiger partial charge >= 0.3 is 11.9 Å². The number of esters is 1. The number of carbonyl (C=O) groups is 2. The molecule has 2 saturated carbocycles. The van der Waals surface area contributed by atoms with Crippen LogP contribution in [0.25, 0.3) is 0 Å². The van der Waals surface area contributed by atoms with Crippen LogP contribution in [0.4, 0.5) is 0 Å². The van der Waals surface area contributed by atoms with Gasteiger partial charge in [0.1, 0.15) is 6.10 Å². The average Bonchev–Trinajstić information content (AvgIpc) is 2.62. The zero-order chi connectivity index (χ0) is 21.0. The number of carbonyl (C=O) groups excluding carboxylic acids is 1. The summed E-state index contributed by atoms with van der Waals surface area (Å²) in [5.74, 6) is 0.993. The molecule has 162 valence electrons. The average molecular weight is 395 g/mol. The van der Waals surface area contributed by atoms with Crippen molar-refractivity contribution < 1.29 is 19.4 Å². The van der Waals surface area contributed by atoms with E-state index in [1.165, 1.54) is 6.42 Å². The predicted octanol–water partition coefficient (Wildman–Crippen LogP) is 5.79. The summed E-state index contributed by atoms with van der Waals surface area (Å²) in [7, 11) is 0. The lowest BCUT2D eigenvalue weighted by atomic mass is 9.72. The third kappa shape index (κ3) is 5.97. The zero-order valence-electron chi connectivity index (χ0n) is 18.8. The van der Waals surface area contributed by atoms with Crippen molar-refractivity contribution in [3.8, 4) is 0 Å². The first kappa shape index (κ1) is 23.2. The second kappa shape index (κ2) is 10.1. The highest BCUT2D eigenvalue weighted by Gasteiger charge is 2.41. The van der Waals surface area contributed by atoms with Crippen LogP contribution in [-0.4, -0.2) is 23.1 Å². The van der Waals surface area contributed by atoms with Crippen LogP contribution in [0.5, 0.6) is 0 Å². The number of hydrogen-bond acceptors (Lipinski definition) is 3. The van der Waals surface area contributed by atoms with Gasteiger partial charge in [0.15, 0.2) is 0 Å². The molecule has 0 aromatic rings. The smallest absolute Gasteiger partial charge is 0.310 e. The fourth-order valence-corrected chi connectivity index (χ4v) is 5.07. The van der Waals surface area contributed by atoms with E-state index in [1.807, 2.05) is 0 Å². The summed E-state index contributed by atoms with van der Waals surface area (Å²) < 4.78 is 6.15. The number of ether oxygens (including phenoxy) is 1. The van der Waals surface area contributed by atoms with Gasteiger partial charge in [-0.25, -0.2) is 0 Å². The second-order valence-electron chi connectivity index (χ2n) is 10.4. The molecule has 0 amide bonds. The Morgan fingerprint density at radius 3 is 2.18 bits per heavy atom. The lowest BCUT2D eigenvalue weighted by Gasteiger charge is -2.39. The van der Waals surface area contributed by atoms with Crippen molar-refractivity contribution in [2.24, 2.45) is 47.3 Å². The molecular formula is C24H42O4. The van der Waals surface area contributed by atoms with Gasteiger partial charge in [0.05, 0.1) is 11.8 Å². The quantitative estimate of drug-likeness (QED) is 0.555. The minimum Gasteiger partial charge on any atom is -0.481 e. The number of carboxylic acids is 1. The number of carboxylic acid groups (broad SMARTS) is 1. The molecular weight excluding hydrogens is 352 g/mol. The van der Waals surface area contributed by atoms with Crippen LogP contribution in [-0.2, 0) is 14.3 Å². The van der Waals surface area contributed by atoms with Crippen LogP contribution >= 0.6 is 0 Å². The molecule has 0 bridgehead atoms. The molecule has 28 heavy (non-hydrogen) atoms. The van der Waals surface area contributed by atoms with Gasteiger partial charge in [0, 0.05) is 0 Å². The summed E-state index contributed by atoms with van der Waals surface area (Å²) >= 11 is 0. The molecule has 2 aliphatic carbocycles. The van der Waals surface area contributed by atoms with Gasteiger partial charge in [-0.2, -0.15) is 0 Å². The molecule has 2 aliphatic rings. The molecule has 8 atom stereocenters. The lowest BCUT2D eigenvalue weighted by molar-refractivity contribution is -0.168. The first-order valence-electron chi connectivity index (χ1n) is 11.5. The molecule has 0 spiro atoms. The Bertz CT molecular complexity index is 529. The lowest BCUT2D eigenvalue weighted by Crippen LogP contribution is -2.40. The molecule has 0 aliphatic heterocycles. The summed E-state index contributed by atoms with van der Waals surface area (Å²) in [4.78, 5) is 24.8. The van der Waals surface area contributed by atoms with E-state index in [4.69, 9.17) is 4.74 Å². The normalized spacial score (nSPS) is 36.0. The number of hydrogen-bond donors (Lipinski definition) is 1. The van der Waals surface area contributed by atoms with Crippen LogP contribution in [0.1, 0.15) is 86.5 Å². The van der Waals surface area contributed by atoms with Crippen molar-refractivity contribution in [3.05, 3.63) is 0 Å². The molecule has 8 unspecified atom stereocenters. The van der Waals surface area contributed by atoms with Crippen molar-refractivity contribution >= 4 is 11.9 Å². The first-order chi connectivity index (χ1) is 13.1. The Hall–Kier alpha value is -1.06. The largest absolute Gasteiger partial charge is 0.481 e. The van der Waals surface area contributed by atoms with E-state index in [2.05, 4.69) is 41.5 Å². The molecule has 2 rings (SSSR count). The number of aliphatic carboxylic acids is 1. The Kier molecular flexibility index (Phi) is 8.39. The maximum Gasteiger partial charge on any atom is 0.310 e. The Labute approximate surface area is 171 Å². The van der Waals surface area contributed by atoms with E-state index in [9.17, 15) is 14.7 Å². The van der Waals surface area contributed by atoms with Gasteiger partial charge in [-0.1, -0.05) is 48.0 Å². The van der Waals surface area contributed by atoms with E-state index >= 15 is 0 Å². The van der Waals surface area contributed by atoms with E-state index in [-0.39, 0.29) is 12.1 Å². The van der Waals surface area contributed by atoms with Gasteiger partial charge < -0.3 is 9.84 Å². The molecule has 4 nitrogen and oxygen atoms in total. The van der Waals surface area contributed by atoms with Crippen LogP contribution in [0.3, 0.4) is 0 Å². The Morgan fingerprint density at radius 1 is 0.929 bits per heavy atom. The Balaban J connectivity index is 2.11. The molecule has 0 heterocycles. The molecule has 0 saturated heterocycles. The SMILES string of the molecule is CC1CCC(C(=O)OC(CC(C)C(C)C)C2CCC(C)C(C)C2)C(C(=O)O)C1. The van der Waals surface area contributed by atoms with Crippen LogP contribution in [0, 0.1) is 47.3 Å². The summed E-state index contributed by atoms with van der Waals surface area (Å²) in [5, 5.41) is 9.63. The van der Waals surface area contributed by atoms with Crippen LogP contribution < -0.4 is 0 Å². The first-order valence-corrected chi connectivity index (χ1v) is 11.5. The van der Waals surface area contributed by atoms with E-state index in [0.29, 0.717) is 42.4 Å². The summed E-state index contributed by atoms with van der Waals surface area (Å²) in [6, 6.07) is 0. The molecule has 2 fully saturated rings. The van der Waals surface area contributed by atoms with Crippen LogP contribution in [0.15, 0.2) is 0 Å². The topological polar surface area (TPSA) is 63.6 Å². The third-order valence-corrected chi connectivity index (χ3v) is 7.91. The molecule has 0 aromatic carbocycles. The number of rotatable bonds is 7. The van der Waals surface area contributed by atoms with Gasteiger partial charge in [-0.05, 0) is 74.0 Å². The van der Waals surface area contributed by atoms with Gasteiger partial charge in [0.2, 0.25) is 0 Å². The molecule has 1 N–H and O–H groups in total. The summed E-state index contributed by atoms with van der Waals surface area (Å²) in [5.41, 5.74) is 0. The van der Waals surface area contributed by atoms with Crippen molar-refractivity contribution in [2.75, 3.05) is 0 Å². The fourth-order valence-electron chi connectivity index (χ4n) is 5.07. The monoisotopic (exact) mass is 394 g/mol. The molecule has 0 radical (unpaired) electrons. The van der Waals surface area contributed by atoms with E-state index in [0.717, 1.165) is 31.6 Å². The fraction of sp³-hybridized carbons (Fsp3) is 0.917. The minimum atomic E-state index is -0.847. The summed E-state index contributed by atoms with van der Waals surface area (Å²) in [6.45, 7) is 13.4. The maximum atomic E-state index is 13.1. The predicted molar refractivity (Wildman–Crippen MR) is 112 cm³/mol. The van der Waals surface area contributed by atoms with Crippen molar-refractivity contribution in [1.29, 1.82) is 0 Å². The molecule has 0 aromatic heterocycles.